The van der Waals surface area contributed by atoms with E-state index in [9.17, 15) is 5.11 Å². The van der Waals surface area contributed by atoms with Crippen molar-refractivity contribution in [2.45, 2.75) is 40.7 Å². The number of aliphatic hydroxyl groups is 1. The lowest BCUT2D eigenvalue weighted by Gasteiger charge is -2.25. The Bertz CT molecular complexity index is 413. The first-order valence-electron chi connectivity index (χ1n) is 6.44. The quantitative estimate of drug-likeness (QED) is 0.845. The zero-order valence-electron chi connectivity index (χ0n) is 12.3. The van der Waals surface area contributed by atoms with Gasteiger partial charge in [-0.05, 0) is 49.4 Å². The van der Waals surface area contributed by atoms with Gasteiger partial charge in [0.05, 0.1) is 19.8 Å². The fourth-order valence-corrected chi connectivity index (χ4v) is 2.09. The van der Waals surface area contributed by atoms with Crippen LogP contribution >= 0.6 is 0 Å². The largest absolute Gasteiger partial charge is 0.496 e. The molecule has 0 bridgehead atoms. The molecule has 1 unspecified atom stereocenters. The average Bonchev–Trinajstić information content (AvgIpc) is 2.33. The summed E-state index contributed by atoms with van der Waals surface area (Å²) in [4.78, 5) is 0. The third-order valence-corrected chi connectivity index (χ3v) is 3.60. The zero-order valence-corrected chi connectivity index (χ0v) is 12.3. The number of benzene rings is 1. The molecule has 102 valence electrons. The van der Waals surface area contributed by atoms with Gasteiger partial charge in [-0.3, -0.25) is 0 Å². The van der Waals surface area contributed by atoms with Gasteiger partial charge in [-0.25, -0.2) is 0 Å². The van der Waals surface area contributed by atoms with Crippen molar-refractivity contribution in [1.29, 1.82) is 0 Å². The first kappa shape index (κ1) is 14.8. The molecule has 0 aromatic heterocycles. The second kappa shape index (κ2) is 6.10. The Morgan fingerprint density at radius 2 is 1.83 bits per heavy atom. The van der Waals surface area contributed by atoms with Gasteiger partial charge in [0.2, 0.25) is 0 Å². The van der Waals surface area contributed by atoms with E-state index in [0.29, 0.717) is 5.92 Å². The second-order valence-electron chi connectivity index (χ2n) is 5.20. The minimum atomic E-state index is 0.0789. The van der Waals surface area contributed by atoms with Crippen LogP contribution in [0.4, 0.5) is 5.69 Å². The maximum Gasteiger partial charge on any atom is 0.122 e. The van der Waals surface area contributed by atoms with Gasteiger partial charge >= 0.3 is 0 Å². The predicted molar refractivity (Wildman–Crippen MR) is 76.5 cm³/mol. The van der Waals surface area contributed by atoms with E-state index in [1.807, 2.05) is 6.07 Å². The molecule has 0 radical (unpaired) electrons. The topological polar surface area (TPSA) is 41.5 Å². The van der Waals surface area contributed by atoms with Crippen molar-refractivity contribution in [1.82, 2.24) is 0 Å². The molecule has 0 heterocycles. The van der Waals surface area contributed by atoms with Gasteiger partial charge < -0.3 is 15.2 Å². The number of ether oxygens (including phenoxy) is 1. The molecule has 0 saturated carbocycles. The van der Waals surface area contributed by atoms with Crippen LogP contribution in [0.1, 0.15) is 30.5 Å². The third-order valence-electron chi connectivity index (χ3n) is 3.60. The Labute approximate surface area is 110 Å². The first-order chi connectivity index (χ1) is 8.42. The lowest BCUT2D eigenvalue weighted by Crippen LogP contribution is -2.30. The van der Waals surface area contributed by atoms with Crippen molar-refractivity contribution < 1.29 is 9.84 Å². The number of hydrogen-bond donors (Lipinski definition) is 2. The Morgan fingerprint density at radius 3 is 2.28 bits per heavy atom. The fourth-order valence-electron chi connectivity index (χ4n) is 2.09. The van der Waals surface area contributed by atoms with Crippen LogP contribution in [0.2, 0.25) is 0 Å². The number of anilines is 1. The molecular formula is C15H25NO2. The predicted octanol–water partition coefficient (Wildman–Crippen LogP) is 3.05. The van der Waals surface area contributed by atoms with Crippen LogP contribution in [0.25, 0.3) is 0 Å². The summed E-state index contributed by atoms with van der Waals surface area (Å²) < 4.78 is 5.36. The number of aryl methyl sites for hydroxylation is 1. The van der Waals surface area contributed by atoms with Crippen LogP contribution in [-0.2, 0) is 0 Å². The van der Waals surface area contributed by atoms with Crippen LogP contribution in [0.15, 0.2) is 6.07 Å². The van der Waals surface area contributed by atoms with Crippen molar-refractivity contribution in [3.63, 3.8) is 0 Å². The summed E-state index contributed by atoms with van der Waals surface area (Å²) in [5.41, 5.74) is 4.59. The van der Waals surface area contributed by atoms with Gasteiger partial charge in [-0.15, -0.1) is 0 Å². The van der Waals surface area contributed by atoms with Crippen molar-refractivity contribution in [2.75, 3.05) is 19.0 Å². The Morgan fingerprint density at radius 1 is 1.22 bits per heavy atom. The van der Waals surface area contributed by atoms with E-state index >= 15 is 0 Å². The van der Waals surface area contributed by atoms with Crippen LogP contribution in [0.5, 0.6) is 5.75 Å². The maximum absolute atomic E-state index is 9.42. The number of aliphatic hydroxyl groups excluding tert-OH is 1. The fraction of sp³-hybridized carbons (Fsp3) is 0.600. The van der Waals surface area contributed by atoms with Crippen molar-refractivity contribution >= 4 is 5.69 Å². The van der Waals surface area contributed by atoms with Gasteiger partial charge in [0.25, 0.3) is 0 Å². The minimum absolute atomic E-state index is 0.0789. The molecule has 0 amide bonds. The number of methoxy groups -OCH3 is 1. The summed E-state index contributed by atoms with van der Waals surface area (Å²) in [6.07, 6.45) is 0. The van der Waals surface area contributed by atoms with Crippen molar-refractivity contribution in [3.8, 4) is 5.75 Å². The molecule has 0 aliphatic carbocycles. The number of rotatable bonds is 5. The van der Waals surface area contributed by atoms with E-state index in [4.69, 9.17) is 4.74 Å². The van der Waals surface area contributed by atoms with E-state index < -0.39 is 0 Å². The summed E-state index contributed by atoms with van der Waals surface area (Å²) in [6.45, 7) is 10.6. The lowest BCUT2D eigenvalue weighted by atomic mass is 9.99. The van der Waals surface area contributed by atoms with Gasteiger partial charge in [-0.2, -0.15) is 0 Å². The monoisotopic (exact) mass is 251 g/mol. The molecule has 3 nitrogen and oxygen atoms in total. The zero-order chi connectivity index (χ0) is 13.9. The standard InChI is InChI=1S/C15H25NO2/c1-9(2)13(8-17)16-15-10(3)7-14(18-6)11(4)12(15)5/h7,9,13,16-17H,8H2,1-6H3. The van der Waals surface area contributed by atoms with Gasteiger partial charge in [0.1, 0.15) is 5.75 Å². The normalized spacial score (nSPS) is 12.7. The summed E-state index contributed by atoms with van der Waals surface area (Å²) in [7, 11) is 1.69. The van der Waals surface area contributed by atoms with E-state index in [2.05, 4.69) is 39.9 Å². The van der Waals surface area contributed by atoms with Gasteiger partial charge in [0, 0.05) is 5.69 Å². The van der Waals surface area contributed by atoms with Gasteiger partial charge in [0.15, 0.2) is 0 Å². The maximum atomic E-state index is 9.42. The molecule has 1 aromatic carbocycles. The first-order valence-corrected chi connectivity index (χ1v) is 6.44. The highest BCUT2D eigenvalue weighted by Gasteiger charge is 2.16. The molecule has 1 aromatic rings. The van der Waals surface area contributed by atoms with Crippen LogP contribution in [0.3, 0.4) is 0 Å². The molecule has 0 fully saturated rings. The molecule has 1 rings (SSSR count). The van der Waals surface area contributed by atoms with Crippen molar-refractivity contribution in [3.05, 3.63) is 22.8 Å². The third kappa shape index (κ3) is 2.96. The Kier molecular flexibility index (Phi) is 5.03. The molecule has 1 atom stereocenters. The number of hydrogen-bond acceptors (Lipinski definition) is 3. The molecule has 0 aliphatic rings. The van der Waals surface area contributed by atoms with Crippen LogP contribution in [0, 0.1) is 26.7 Å². The number of nitrogens with one attached hydrogen (secondary N) is 1. The molecule has 3 heteroatoms. The smallest absolute Gasteiger partial charge is 0.122 e. The molecule has 2 N–H and O–H groups in total. The highest BCUT2D eigenvalue weighted by molar-refractivity contribution is 5.63. The lowest BCUT2D eigenvalue weighted by molar-refractivity contribution is 0.249. The summed E-state index contributed by atoms with van der Waals surface area (Å²) in [5, 5.41) is 12.9. The molecular weight excluding hydrogens is 226 g/mol. The van der Waals surface area contributed by atoms with Crippen LogP contribution < -0.4 is 10.1 Å². The summed E-state index contributed by atoms with van der Waals surface area (Å²) in [5.74, 6) is 1.30. The van der Waals surface area contributed by atoms with Gasteiger partial charge in [-0.1, -0.05) is 13.8 Å². The van der Waals surface area contributed by atoms with E-state index in [0.717, 1.165) is 22.6 Å². The van der Waals surface area contributed by atoms with Crippen LogP contribution in [-0.4, -0.2) is 24.9 Å². The SMILES string of the molecule is COc1cc(C)c(NC(CO)C(C)C)c(C)c1C. The highest BCUT2D eigenvalue weighted by Crippen LogP contribution is 2.32. The summed E-state index contributed by atoms with van der Waals surface area (Å²) in [6, 6.07) is 2.12. The molecule has 0 saturated heterocycles. The molecule has 0 aliphatic heterocycles. The van der Waals surface area contributed by atoms with Crippen molar-refractivity contribution in [2.24, 2.45) is 5.92 Å². The highest BCUT2D eigenvalue weighted by atomic mass is 16.5. The molecule has 18 heavy (non-hydrogen) atoms. The molecule has 0 spiro atoms. The van der Waals surface area contributed by atoms with E-state index in [1.54, 1.807) is 7.11 Å². The summed E-state index contributed by atoms with van der Waals surface area (Å²) >= 11 is 0. The minimum Gasteiger partial charge on any atom is -0.496 e. The Balaban J connectivity index is 3.13. The van der Waals surface area contributed by atoms with E-state index in [-0.39, 0.29) is 12.6 Å². The van der Waals surface area contributed by atoms with E-state index in [1.165, 1.54) is 5.56 Å². The second-order valence-corrected chi connectivity index (χ2v) is 5.20. The Hall–Kier alpha value is -1.22. The average molecular weight is 251 g/mol.